The number of hydrogen-bond donors (Lipinski definition) is 6. The zero-order chi connectivity index (χ0) is 22.0. The molecule has 162 valence electrons. The van der Waals surface area contributed by atoms with Gasteiger partial charge in [0.05, 0.1) is 6.04 Å². The number of hydrogen-bond acceptors (Lipinski definition) is 6. The number of carboxylic acid groups (broad SMARTS) is 1. The average molecular weight is 419 g/mol. The van der Waals surface area contributed by atoms with Crippen molar-refractivity contribution in [2.24, 2.45) is 17.6 Å². The summed E-state index contributed by atoms with van der Waals surface area (Å²) < 4.78 is 0. The molecule has 0 saturated heterocycles. The first kappa shape index (κ1) is 26.2. The van der Waals surface area contributed by atoms with Crippen molar-refractivity contribution < 1.29 is 24.3 Å². The first-order valence-corrected chi connectivity index (χ1v) is 10.0. The van der Waals surface area contributed by atoms with Gasteiger partial charge < -0.3 is 26.8 Å². The third kappa shape index (κ3) is 9.93. The quantitative estimate of drug-likeness (QED) is 0.244. The van der Waals surface area contributed by atoms with Crippen LogP contribution < -0.4 is 21.7 Å². The number of thiol groups is 1. The highest BCUT2D eigenvalue weighted by atomic mass is 32.1. The highest BCUT2D eigenvalue weighted by Gasteiger charge is 2.30. The molecule has 0 radical (unpaired) electrons. The van der Waals surface area contributed by atoms with Crippen LogP contribution in [0.1, 0.15) is 47.5 Å². The van der Waals surface area contributed by atoms with Crippen LogP contribution in [-0.2, 0) is 19.2 Å². The second-order valence-electron chi connectivity index (χ2n) is 7.75. The SMILES string of the molecule is CC(C)CC(NC(=O)C(CC(C)C)NC(=O)C(CS)NC(=O)C(C)N)C(=O)O. The number of rotatable bonds is 12. The Morgan fingerprint density at radius 1 is 0.786 bits per heavy atom. The summed E-state index contributed by atoms with van der Waals surface area (Å²) in [7, 11) is 0. The maximum Gasteiger partial charge on any atom is 0.326 e. The second kappa shape index (κ2) is 12.6. The van der Waals surface area contributed by atoms with Gasteiger partial charge >= 0.3 is 5.97 Å². The summed E-state index contributed by atoms with van der Waals surface area (Å²) >= 11 is 4.07. The molecule has 0 aliphatic rings. The third-order valence-electron chi connectivity index (χ3n) is 3.89. The molecule has 10 heteroatoms. The van der Waals surface area contributed by atoms with Crippen molar-refractivity contribution in [2.75, 3.05) is 5.75 Å². The van der Waals surface area contributed by atoms with E-state index in [1.165, 1.54) is 6.92 Å². The number of carbonyl (C=O) groups excluding carboxylic acids is 3. The molecule has 0 bridgehead atoms. The van der Waals surface area contributed by atoms with Crippen LogP contribution in [0.4, 0.5) is 0 Å². The number of nitrogens with two attached hydrogens (primary N) is 1. The molecule has 0 spiro atoms. The number of aliphatic carboxylic acids is 1. The van der Waals surface area contributed by atoms with E-state index in [0.717, 1.165) is 0 Å². The number of amides is 3. The van der Waals surface area contributed by atoms with Crippen molar-refractivity contribution >= 4 is 36.3 Å². The van der Waals surface area contributed by atoms with Gasteiger partial charge in [-0.2, -0.15) is 12.6 Å². The Balaban J connectivity index is 5.23. The van der Waals surface area contributed by atoms with Gasteiger partial charge in [-0.3, -0.25) is 14.4 Å². The first-order valence-electron chi connectivity index (χ1n) is 9.39. The molecule has 9 nitrogen and oxygen atoms in total. The molecule has 0 fully saturated rings. The lowest BCUT2D eigenvalue weighted by Crippen LogP contribution is -2.57. The number of carboxylic acids is 1. The third-order valence-corrected chi connectivity index (χ3v) is 4.26. The predicted octanol–water partition coefficient (Wildman–Crippen LogP) is -0.105. The zero-order valence-corrected chi connectivity index (χ0v) is 18.1. The standard InChI is InChI=1S/C18H34N4O5S/c1-9(2)6-12(16(24)21-13(18(26)27)7-10(3)4)20-17(25)14(8-28)22-15(23)11(5)19/h9-14,28H,6-8,19H2,1-5H3,(H,20,25)(H,21,24)(H,22,23)(H,26,27). The van der Waals surface area contributed by atoms with E-state index in [4.69, 9.17) is 5.73 Å². The van der Waals surface area contributed by atoms with Crippen LogP contribution in [-0.4, -0.2) is 58.7 Å². The second-order valence-corrected chi connectivity index (χ2v) is 8.12. The summed E-state index contributed by atoms with van der Waals surface area (Å²) in [6.45, 7) is 8.95. The molecule has 0 rings (SSSR count). The van der Waals surface area contributed by atoms with Gasteiger partial charge in [-0.25, -0.2) is 4.79 Å². The molecular formula is C18H34N4O5S. The monoisotopic (exact) mass is 418 g/mol. The Morgan fingerprint density at radius 2 is 1.18 bits per heavy atom. The minimum atomic E-state index is -1.13. The van der Waals surface area contributed by atoms with E-state index < -0.39 is 47.9 Å². The summed E-state index contributed by atoms with van der Waals surface area (Å²) in [5, 5.41) is 16.9. The van der Waals surface area contributed by atoms with Gasteiger partial charge in [-0.15, -0.1) is 0 Å². The summed E-state index contributed by atoms with van der Waals surface area (Å²) in [5.41, 5.74) is 5.49. The van der Waals surface area contributed by atoms with Crippen LogP contribution in [0.3, 0.4) is 0 Å². The Kier molecular flexibility index (Phi) is 11.8. The highest BCUT2D eigenvalue weighted by Crippen LogP contribution is 2.09. The molecule has 0 aromatic heterocycles. The van der Waals surface area contributed by atoms with Gasteiger partial charge in [0.15, 0.2) is 0 Å². The summed E-state index contributed by atoms with van der Waals surface area (Å²) in [6.07, 6.45) is 0.583. The Bertz CT molecular complexity index is 554. The van der Waals surface area contributed by atoms with Crippen molar-refractivity contribution in [3.63, 3.8) is 0 Å². The maximum absolute atomic E-state index is 12.6. The molecule has 0 aliphatic heterocycles. The van der Waals surface area contributed by atoms with Crippen molar-refractivity contribution in [3.05, 3.63) is 0 Å². The normalized spacial score (nSPS) is 15.5. The molecule has 28 heavy (non-hydrogen) atoms. The smallest absolute Gasteiger partial charge is 0.326 e. The van der Waals surface area contributed by atoms with Crippen molar-refractivity contribution in [2.45, 2.75) is 71.6 Å². The van der Waals surface area contributed by atoms with E-state index in [9.17, 15) is 24.3 Å². The largest absolute Gasteiger partial charge is 0.480 e. The van der Waals surface area contributed by atoms with E-state index in [1.807, 2.05) is 27.7 Å². The molecule has 3 amide bonds. The molecular weight excluding hydrogens is 384 g/mol. The van der Waals surface area contributed by atoms with Gasteiger partial charge in [0.25, 0.3) is 0 Å². The average Bonchev–Trinajstić information content (AvgIpc) is 2.56. The van der Waals surface area contributed by atoms with Crippen LogP contribution in [0.25, 0.3) is 0 Å². The zero-order valence-electron chi connectivity index (χ0n) is 17.2. The number of carbonyl (C=O) groups is 4. The summed E-state index contributed by atoms with van der Waals surface area (Å²) in [4.78, 5) is 48.3. The molecule has 4 unspecified atom stereocenters. The Labute approximate surface area is 172 Å². The maximum atomic E-state index is 12.6. The lowest BCUT2D eigenvalue weighted by atomic mass is 10.0. The van der Waals surface area contributed by atoms with E-state index in [2.05, 4.69) is 28.6 Å². The van der Waals surface area contributed by atoms with Crippen molar-refractivity contribution in [3.8, 4) is 0 Å². The Morgan fingerprint density at radius 3 is 1.57 bits per heavy atom. The molecule has 0 aromatic carbocycles. The van der Waals surface area contributed by atoms with E-state index in [-0.39, 0.29) is 24.0 Å². The molecule has 0 aliphatic carbocycles. The molecule has 6 N–H and O–H groups in total. The lowest BCUT2D eigenvalue weighted by Gasteiger charge is -2.25. The summed E-state index contributed by atoms with van der Waals surface area (Å²) in [5.74, 6) is -2.65. The van der Waals surface area contributed by atoms with E-state index in [1.54, 1.807) is 0 Å². The first-order chi connectivity index (χ1) is 12.9. The molecule has 0 aromatic rings. The van der Waals surface area contributed by atoms with Gasteiger partial charge in [-0.1, -0.05) is 27.7 Å². The fourth-order valence-corrected chi connectivity index (χ4v) is 2.69. The highest BCUT2D eigenvalue weighted by molar-refractivity contribution is 7.80. The molecule has 0 heterocycles. The van der Waals surface area contributed by atoms with Gasteiger partial charge in [0, 0.05) is 5.75 Å². The van der Waals surface area contributed by atoms with Gasteiger partial charge in [-0.05, 0) is 31.6 Å². The van der Waals surface area contributed by atoms with Gasteiger partial charge in [0.1, 0.15) is 18.1 Å². The molecule has 0 saturated carbocycles. The van der Waals surface area contributed by atoms with Crippen LogP contribution in [0.15, 0.2) is 0 Å². The number of nitrogens with one attached hydrogen (secondary N) is 3. The summed E-state index contributed by atoms with van der Waals surface area (Å²) in [6, 6.07) is -3.74. The predicted molar refractivity (Wildman–Crippen MR) is 110 cm³/mol. The fourth-order valence-electron chi connectivity index (χ4n) is 2.44. The fraction of sp³-hybridized carbons (Fsp3) is 0.778. The minimum Gasteiger partial charge on any atom is -0.480 e. The van der Waals surface area contributed by atoms with Crippen LogP contribution in [0.5, 0.6) is 0 Å². The van der Waals surface area contributed by atoms with E-state index in [0.29, 0.717) is 6.42 Å². The topological polar surface area (TPSA) is 151 Å². The van der Waals surface area contributed by atoms with E-state index >= 15 is 0 Å². The lowest BCUT2D eigenvalue weighted by molar-refractivity contribution is -0.142. The van der Waals surface area contributed by atoms with Gasteiger partial charge in [0.2, 0.25) is 17.7 Å². The Hall–Kier alpha value is -1.81. The van der Waals surface area contributed by atoms with Crippen molar-refractivity contribution in [1.82, 2.24) is 16.0 Å². The minimum absolute atomic E-state index is 0.0193. The van der Waals surface area contributed by atoms with Crippen LogP contribution >= 0.6 is 12.6 Å². The molecule has 4 atom stereocenters. The van der Waals surface area contributed by atoms with Crippen LogP contribution in [0.2, 0.25) is 0 Å². The van der Waals surface area contributed by atoms with Crippen molar-refractivity contribution in [1.29, 1.82) is 0 Å². The van der Waals surface area contributed by atoms with Crippen LogP contribution in [0, 0.1) is 11.8 Å².